The standard InChI is InChI=1S/C15H17N5O3/c1-23-13-3-2-10(8-16-13)19-15(22)20-6-4-11-12(5-7-20)17-9-18-14(11)21/h2-3,8-9H,4-7H2,1H3,(H,19,22)(H,17,18,21). The minimum absolute atomic E-state index is 0.128. The number of pyridine rings is 1. The summed E-state index contributed by atoms with van der Waals surface area (Å²) < 4.78 is 4.98. The van der Waals surface area contributed by atoms with Crippen LogP contribution in [0.5, 0.6) is 5.88 Å². The first-order chi connectivity index (χ1) is 11.2. The normalized spacial score (nSPS) is 13.9. The molecular weight excluding hydrogens is 298 g/mol. The summed E-state index contributed by atoms with van der Waals surface area (Å²) in [6, 6.07) is 3.18. The number of methoxy groups -OCH3 is 1. The Hall–Kier alpha value is -2.90. The molecule has 0 radical (unpaired) electrons. The third-order valence-corrected chi connectivity index (χ3v) is 3.77. The van der Waals surface area contributed by atoms with E-state index in [4.69, 9.17) is 4.74 Å². The van der Waals surface area contributed by atoms with Crippen molar-refractivity contribution in [2.75, 3.05) is 25.5 Å². The molecule has 0 atom stereocenters. The van der Waals surface area contributed by atoms with Gasteiger partial charge in [0.15, 0.2) is 0 Å². The number of ether oxygens (including phenoxy) is 1. The predicted molar refractivity (Wildman–Crippen MR) is 83.6 cm³/mol. The molecule has 23 heavy (non-hydrogen) atoms. The largest absolute Gasteiger partial charge is 0.481 e. The van der Waals surface area contributed by atoms with Crippen LogP contribution in [0.2, 0.25) is 0 Å². The number of urea groups is 1. The molecular formula is C15H17N5O3. The van der Waals surface area contributed by atoms with Crippen molar-refractivity contribution in [3.63, 3.8) is 0 Å². The quantitative estimate of drug-likeness (QED) is 0.854. The summed E-state index contributed by atoms with van der Waals surface area (Å²) in [5, 5.41) is 2.79. The Morgan fingerprint density at radius 3 is 2.87 bits per heavy atom. The van der Waals surface area contributed by atoms with Gasteiger partial charge in [-0.05, 0) is 12.5 Å². The van der Waals surface area contributed by atoms with Crippen molar-refractivity contribution in [3.05, 3.63) is 46.3 Å². The number of hydrogen-bond acceptors (Lipinski definition) is 5. The summed E-state index contributed by atoms with van der Waals surface area (Å²) in [5.74, 6) is 0.485. The fourth-order valence-electron chi connectivity index (χ4n) is 2.52. The Morgan fingerprint density at radius 2 is 2.13 bits per heavy atom. The summed E-state index contributed by atoms with van der Waals surface area (Å²) >= 11 is 0. The maximum Gasteiger partial charge on any atom is 0.321 e. The Kier molecular flexibility index (Phi) is 4.22. The third-order valence-electron chi connectivity index (χ3n) is 3.77. The average molecular weight is 315 g/mol. The number of amides is 2. The Labute approximate surface area is 132 Å². The fourth-order valence-corrected chi connectivity index (χ4v) is 2.52. The summed E-state index contributed by atoms with van der Waals surface area (Å²) in [5.41, 5.74) is 1.88. The van der Waals surface area contributed by atoms with Gasteiger partial charge in [-0.1, -0.05) is 0 Å². The molecule has 120 valence electrons. The number of carbonyl (C=O) groups excluding carboxylic acids is 1. The Morgan fingerprint density at radius 1 is 1.30 bits per heavy atom. The molecule has 0 bridgehead atoms. The highest BCUT2D eigenvalue weighted by Crippen LogP contribution is 2.14. The lowest BCUT2D eigenvalue weighted by molar-refractivity contribution is 0.214. The second-order valence-corrected chi connectivity index (χ2v) is 5.16. The number of H-pyrrole nitrogens is 1. The first-order valence-corrected chi connectivity index (χ1v) is 7.29. The van der Waals surface area contributed by atoms with Crippen LogP contribution in [0, 0.1) is 0 Å². The Bertz CT molecular complexity index is 756. The summed E-state index contributed by atoms with van der Waals surface area (Å²) in [6.45, 7) is 0.982. The molecule has 0 spiro atoms. The van der Waals surface area contributed by atoms with Crippen molar-refractivity contribution in [2.45, 2.75) is 12.8 Å². The van der Waals surface area contributed by atoms with Crippen LogP contribution in [0.4, 0.5) is 10.5 Å². The summed E-state index contributed by atoms with van der Waals surface area (Å²) in [4.78, 5) is 36.7. The van der Waals surface area contributed by atoms with E-state index in [1.807, 2.05) is 0 Å². The van der Waals surface area contributed by atoms with Crippen LogP contribution in [-0.2, 0) is 12.8 Å². The van der Waals surface area contributed by atoms with Crippen LogP contribution in [0.25, 0.3) is 0 Å². The molecule has 0 saturated heterocycles. The molecule has 1 aliphatic heterocycles. The van der Waals surface area contributed by atoms with E-state index in [2.05, 4.69) is 20.3 Å². The molecule has 0 aliphatic carbocycles. The first-order valence-electron chi connectivity index (χ1n) is 7.29. The van der Waals surface area contributed by atoms with Gasteiger partial charge in [-0.2, -0.15) is 0 Å². The van der Waals surface area contributed by atoms with Gasteiger partial charge in [0.25, 0.3) is 5.56 Å². The lowest BCUT2D eigenvalue weighted by Crippen LogP contribution is -2.37. The zero-order valence-electron chi connectivity index (χ0n) is 12.7. The lowest BCUT2D eigenvalue weighted by Gasteiger charge is -2.20. The molecule has 2 N–H and O–H groups in total. The molecule has 2 aromatic heterocycles. The first kappa shape index (κ1) is 15.0. The van der Waals surface area contributed by atoms with Crippen molar-refractivity contribution in [1.29, 1.82) is 0 Å². The van der Waals surface area contributed by atoms with Crippen molar-refractivity contribution in [2.24, 2.45) is 0 Å². The molecule has 8 nitrogen and oxygen atoms in total. The van der Waals surface area contributed by atoms with Crippen LogP contribution >= 0.6 is 0 Å². The monoisotopic (exact) mass is 315 g/mol. The van der Waals surface area contributed by atoms with Gasteiger partial charge in [0.1, 0.15) is 0 Å². The molecule has 0 aromatic carbocycles. The van der Waals surface area contributed by atoms with Gasteiger partial charge >= 0.3 is 6.03 Å². The molecule has 2 amide bonds. The SMILES string of the molecule is COc1ccc(NC(=O)N2CCc3nc[nH]c(=O)c3CC2)cn1. The number of aromatic nitrogens is 3. The van der Waals surface area contributed by atoms with Gasteiger partial charge in [-0.25, -0.2) is 14.8 Å². The predicted octanol–water partition coefficient (Wildman–Crippen LogP) is 0.806. The van der Waals surface area contributed by atoms with Crippen molar-refractivity contribution < 1.29 is 9.53 Å². The minimum atomic E-state index is -0.221. The van der Waals surface area contributed by atoms with E-state index in [9.17, 15) is 9.59 Å². The number of carbonyl (C=O) groups is 1. The second kappa shape index (κ2) is 6.47. The van der Waals surface area contributed by atoms with Gasteiger partial charge in [0, 0.05) is 31.1 Å². The molecule has 8 heteroatoms. The molecule has 3 rings (SSSR count). The van der Waals surface area contributed by atoms with E-state index >= 15 is 0 Å². The molecule has 0 unspecified atom stereocenters. The maximum atomic E-state index is 12.4. The van der Waals surface area contributed by atoms with Crippen molar-refractivity contribution in [3.8, 4) is 5.88 Å². The number of rotatable bonds is 2. The van der Waals surface area contributed by atoms with Gasteiger partial charge in [-0.15, -0.1) is 0 Å². The zero-order valence-corrected chi connectivity index (χ0v) is 12.7. The Balaban J connectivity index is 1.67. The summed E-state index contributed by atoms with van der Waals surface area (Å²) in [6.07, 6.45) is 4.00. The zero-order chi connectivity index (χ0) is 16.2. The highest BCUT2D eigenvalue weighted by Gasteiger charge is 2.20. The molecule has 1 aliphatic rings. The van der Waals surface area contributed by atoms with Crippen molar-refractivity contribution >= 4 is 11.7 Å². The number of anilines is 1. The van der Waals surface area contributed by atoms with E-state index in [1.165, 1.54) is 19.6 Å². The van der Waals surface area contributed by atoms with Gasteiger partial charge in [-0.3, -0.25) is 4.79 Å². The summed E-state index contributed by atoms with van der Waals surface area (Å²) in [7, 11) is 1.53. The maximum absolute atomic E-state index is 12.4. The van der Waals surface area contributed by atoms with Crippen LogP contribution < -0.4 is 15.6 Å². The van der Waals surface area contributed by atoms with E-state index in [0.717, 1.165) is 5.69 Å². The van der Waals surface area contributed by atoms with E-state index in [0.29, 0.717) is 43.1 Å². The van der Waals surface area contributed by atoms with E-state index in [-0.39, 0.29) is 11.6 Å². The third kappa shape index (κ3) is 3.31. The van der Waals surface area contributed by atoms with Crippen LogP contribution in [-0.4, -0.2) is 46.1 Å². The van der Waals surface area contributed by atoms with Crippen LogP contribution in [0.15, 0.2) is 29.5 Å². The molecule has 3 heterocycles. The van der Waals surface area contributed by atoms with Gasteiger partial charge in [0.2, 0.25) is 5.88 Å². The number of nitrogens with zero attached hydrogens (tertiary/aromatic N) is 3. The van der Waals surface area contributed by atoms with Crippen molar-refractivity contribution in [1.82, 2.24) is 19.9 Å². The fraction of sp³-hybridized carbons (Fsp3) is 0.333. The number of fused-ring (bicyclic) bond motifs is 1. The van der Waals surface area contributed by atoms with Crippen LogP contribution in [0.1, 0.15) is 11.3 Å². The van der Waals surface area contributed by atoms with Crippen LogP contribution in [0.3, 0.4) is 0 Å². The number of nitrogens with one attached hydrogen (secondary N) is 2. The highest BCUT2D eigenvalue weighted by atomic mass is 16.5. The van der Waals surface area contributed by atoms with Gasteiger partial charge in [0.05, 0.1) is 31.0 Å². The molecule has 2 aromatic rings. The smallest absolute Gasteiger partial charge is 0.321 e. The minimum Gasteiger partial charge on any atom is -0.481 e. The second-order valence-electron chi connectivity index (χ2n) is 5.16. The average Bonchev–Trinajstić information content (AvgIpc) is 2.79. The topological polar surface area (TPSA) is 100 Å². The van der Waals surface area contributed by atoms with E-state index < -0.39 is 0 Å². The highest BCUT2D eigenvalue weighted by molar-refractivity contribution is 5.89. The van der Waals surface area contributed by atoms with Gasteiger partial charge < -0.3 is 19.9 Å². The number of aromatic amines is 1. The lowest BCUT2D eigenvalue weighted by atomic mass is 10.1. The number of hydrogen-bond donors (Lipinski definition) is 2. The molecule has 0 saturated carbocycles. The molecule has 0 fully saturated rings. The van der Waals surface area contributed by atoms with E-state index in [1.54, 1.807) is 17.0 Å².